The van der Waals surface area contributed by atoms with E-state index in [1.54, 1.807) is 6.20 Å². The van der Waals surface area contributed by atoms with E-state index in [-0.39, 0.29) is 24.5 Å². The monoisotopic (exact) mass is 496 g/mol. The molecule has 1 fully saturated rings. The minimum atomic E-state index is -0.223. The van der Waals surface area contributed by atoms with Crippen molar-refractivity contribution in [1.82, 2.24) is 24.8 Å². The van der Waals surface area contributed by atoms with Crippen molar-refractivity contribution >= 4 is 28.9 Å². The van der Waals surface area contributed by atoms with Crippen LogP contribution in [0.1, 0.15) is 40.3 Å². The van der Waals surface area contributed by atoms with Crippen molar-refractivity contribution in [3.8, 4) is 5.82 Å². The molecule has 0 spiro atoms. The number of para-hydroxylation sites is 1. The Morgan fingerprint density at radius 3 is 2.50 bits per heavy atom. The number of hydrogen-bond donors (Lipinski definition) is 2. The van der Waals surface area contributed by atoms with Crippen molar-refractivity contribution in [2.24, 2.45) is 0 Å². The number of nitrogens with zero attached hydrogens (tertiary/aromatic N) is 4. The minimum absolute atomic E-state index is 0.112. The SMILES string of the molecule is Cc1ccc(-n2c(C)cc([C@@H]3[C@H](c4ccccn4)NC(=S)N3CC(=O)Nc3ccccc3)c2C)nc1. The summed E-state index contributed by atoms with van der Waals surface area (Å²) in [5.41, 5.74) is 5.92. The molecular weight excluding hydrogens is 468 g/mol. The van der Waals surface area contributed by atoms with E-state index in [4.69, 9.17) is 12.2 Å². The number of thiocarbonyl (C=S) groups is 1. The molecular formula is C28H28N6OS. The Bertz CT molecular complexity index is 1390. The van der Waals surface area contributed by atoms with Gasteiger partial charge in [0.05, 0.1) is 17.8 Å². The highest BCUT2D eigenvalue weighted by Crippen LogP contribution is 2.41. The van der Waals surface area contributed by atoms with Crippen LogP contribution in [0.15, 0.2) is 79.1 Å². The standard InChI is InChI=1S/C28H28N6OS/c1-18-12-13-24(30-16-18)34-19(2)15-22(20(34)3)27-26(23-11-7-8-14-29-23)32-28(36)33(27)17-25(35)31-21-9-5-4-6-10-21/h4-16,26-27H,17H2,1-3H3,(H,31,35)(H,32,36)/t26-,27+/m0/s1. The number of benzene rings is 1. The Labute approximate surface area is 216 Å². The van der Waals surface area contributed by atoms with Gasteiger partial charge in [0.2, 0.25) is 5.91 Å². The molecule has 1 aliphatic rings. The van der Waals surface area contributed by atoms with Gasteiger partial charge in [0, 0.05) is 29.5 Å². The van der Waals surface area contributed by atoms with E-state index >= 15 is 0 Å². The van der Waals surface area contributed by atoms with Gasteiger partial charge in [-0.1, -0.05) is 30.3 Å². The molecule has 4 heterocycles. The molecule has 3 aromatic heterocycles. The number of pyridine rings is 2. The Morgan fingerprint density at radius 2 is 1.81 bits per heavy atom. The fraction of sp³-hybridized carbons (Fsp3) is 0.214. The number of rotatable bonds is 6. The summed E-state index contributed by atoms with van der Waals surface area (Å²) in [6.45, 7) is 6.30. The van der Waals surface area contributed by atoms with Crippen molar-refractivity contribution in [3.63, 3.8) is 0 Å². The molecule has 1 amide bonds. The molecule has 7 nitrogen and oxygen atoms in total. The molecule has 36 heavy (non-hydrogen) atoms. The maximum Gasteiger partial charge on any atom is 0.244 e. The maximum absolute atomic E-state index is 13.1. The summed E-state index contributed by atoms with van der Waals surface area (Å²) >= 11 is 5.76. The number of carbonyl (C=O) groups is 1. The van der Waals surface area contributed by atoms with E-state index in [9.17, 15) is 4.79 Å². The van der Waals surface area contributed by atoms with E-state index in [0.717, 1.165) is 39.7 Å². The topological polar surface area (TPSA) is 75.1 Å². The highest BCUT2D eigenvalue weighted by atomic mass is 32.1. The zero-order valence-electron chi connectivity index (χ0n) is 20.5. The first-order valence-electron chi connectivity index (χ1n) is 11.9. The summed E-state index contributed by atoms with van der Waals surface area (Å²) in [5, 5.41) is 6.94. The molecule has 4 aromatic rings. The summed E-state index contributed by atoms with van der Waals surface area (Å²) in [5.74, 6) is 0.726. The summed E-state index contributed by atoms with van der Waals surface area (Å²) in [6, 6.07) is 21.1. The lowest BCUT2D eigenvalue weighted by molar-refractivity contribution is -0.116. The second-order valence-electron chi connectivity index (χ2n) is 9.02. The van der Waals surface area contributed by atoms with Gasteiger partial charge < -0.3 is 20.1 Å². The summed E-state index contributed by atoms with van der Waals surface area (Å²) in [4.78, 5) is 24.3. The summed E-state index contributed by atoms with van der Waals surface area (Å²) in [7, 11) is 0. The van der Waals surface area contributed by atoms with Gasteiger partial charge in [-0.05, 0) is 80.5 Å². The molecule has 0 saturated carbocycles. The quantitative estimate of drug-likeness (QED) is 0.374. The molecule has 8 heteroatoms. The Kier molecular flexibility index (Phi) is 6.52. The number of aromatic nitrogens is 3. The number of amides is 1. The highest BCUT2D eigenvalue weighted by molar-refractivity contribution is 7.80. The fourth-order valence-electron chi connectivity index (χ4n) is 4.82. The Hall–Kier alpha value is -4.04. The average Bonchev–Trinajstić information content (AvgIpc) is 3.35. The normalized spacial score (nSPS) is 17.2. The van der Waals surface area contributed by atoms with Crippen LogP contribution in [0.5, 0.6) is 0 Å². The molecule has 0 unspecified atom stereocenters. The zero-order valence-corrected chi connectivity index (χ0v) is 21.3. The van der Waals surface area contributed by atoms with E-state index < -0.39 is 0 Å². The highest BCUT2D eigenvalue weighted by Gasteiger charge is 2.42. The molecule has 1 aliphatic heterocycles. The number of anilines is 1. The Morgan fingerprint density at radius 1 is 1.03 bits per heavy atom. The molecule has 0 aliphatic carbocycles. The second-order valence-corrected chi connectivity index (χ2v) is 9.41. The zero-order chi connectivity index (χ0) is 25.2. The fourth-order valence-corrected chi connectivity index (χ4v) is 5.13. The third-order valence-corrected chi connectivity index (χ3v) is 6.84. The molecule has 1 saturated heterocycles. The largest absolute Gasteiger partial charge is 0.352 e. The maximum atomic E-state index is 13.1. The van der Waals surface area contributed by atoms with Gasteiger partial charge in [0.15, 0.2) is 5.11 Å². The van der Waals surface area contributed by atoms with Gasteiger partial charge in [0.1, 0.15) is 12.4 Å². The lowest BCUT2D eigenvalue weighted by atomic mass is 9.96. The average molecular weight is 497 g/mol. The van der Waals surface area contributed by atoms with Crippen LogP contribution in [-0.4, -0.2) is 37.0 Å². The molecule has 1 aromatic carbocycles. The first-order valence-corrected chi connectivity index (χ1v) is 12.3. The lowest BCUT2D eigenvalue weighted by Gasteiger charge is -2.27. The van der Waals surface area contributed by atoms with Gasteiger partial charge >= 0.3 is 0 Å². The van der Waals surface area contributed by atoms with Gasteiger partial charge in [-0.3, -0.25) is 9.78 Å². The van der Waals surface area contributed by atoms with Crippen LogP contribution in [0.25, 0.3) is 5.82 Å². The molecule has 5 rings (SSSR count). The van der Waals surface area contributed by atoms with E-state index in [1.165, 1.54) is 0 Å². The van der Waals surface area contributed by atoms with Crippen molar-refractivity contribution < 1.29 is 4.79 Å². The molecule has 0 radical (unpaired) electrons. The lowest BCUT2D eigenvalue weighted by Crippen LogP contribution is -2.37. The molecule has 2 N–H and O–H groups in total. The van der Waals surface area contributed by atoms with Crippen LogP contribution in [-0.2, 0) is 4.79 Å². The predicted molar refractivity (Wildman–Crippen MR) is 145 cm³/mol. The van der Waals surface area contributed by atoms with Gasteiger partial charge in [-0.15, -0.1) is 0 Å². The van der Waals surface area contributed by atoms with Crippen LogP contribution in [0.3, 0.4) is 0 Å². The predicted octanol–water partition coefficient (Wildman–Crippen LogP) is 4.80. The number of hydrogen-bond acceptors (Lipinski definition) is 4. The van der Waals surface area contributed by atoms with E-state index in [0.29, 0.717) is 5.11 Å². The first kappa shape index (κ1) is 23.7. The van der Waals surface area contributed by atoms with Gasteiger partial charge in [0.25, 0.3) is 0 Å². The Balaban J connectivity index is 1.53. The number of nitrogens with one attached hydrogen (secondary N) is 2. The van der Waals surface area contributed by atoms with Gasteiger partial charge in [-0.2, -0.15) is 0 Å². The summed E-state index contributed by atoms with van der Waals surface area (Å²) in [6.07, 6.45) is 3.65. The van der Waals surface area contributed by atoms with Crippen LogP contribution >= 0.6 is 12.2 Å². The number of aryl methyl sites for hydroxylation is 2. The number of carbonyl (C=O) groups excluding carboxylic acids is 1. The molecule has 0 bridgehead atoms. The molecule has 2 atom stereocenters. The van der Waals surface area contributed by atoms with Crippen LogP contribution in [0.4, 0.5) is 5.69 Å². The van der Waals surface area contributed by atoms with Crippen LogP contribution < -0.4 is 10.6 Å². The van der Waals surface area contributed by atoms with Gasteiger partial charge in [-0.25, -0.2) is 4.98 Å². The van der Waals surface area contributed by atoms with Crippen LogP contribution in [0, 0.1) is 20.8 Å². The van der Waals surface area contributed by atoms with Crippen molar-refractivity contribution in [2.45, 2.75) is 32.9 Å². The van der Waals surface area contributed by atoms with Crippen molar-refractivity contribution in [2.75, 3.05) is 11.9 Å². The third kappa shape index (κ3) is 4.59. The molecule has 182 valence electrons. The van der Waals surface area contributed by atoms with Crippen molar-refractivity contribution in [1.29, 1.82) is 0 Å². The minimum Gasteiger partial charge on any atom is -0.352 e. The van der Waals surface area contributed by atoms with E-state index in [1.807, 2.05) is 72.6 Å². The summed E-state index contributed by atoms with van der Waals surface area (Å²) < 4.78 is 2.15. The van der Waals surface area contributed by atoms with Crippen LogP contribution in [0.2, 0.25) is 0 Å². The first-order chi connectivity index (χ1) is 17.4. The third-order valence-electron chi connectivity index (χ3n) is 6.48. The second kappa shape index (κ2) is 9.91. The van der Waals surface area contributed by atoms with Crippen molar-refractivity contribution in [3.05, 3.63) is 107 Å². The smallest absolute Gasteiger partial charge is 0.244 e. The van der Waals surface area contributed by atoms with E-state index in [2.05, 4.69) is 51.1 Å².